The van der Waals surface area contributed by atoms with Gasteiger partial charge in [0, 0.05) is 24.1 Å². The van der Waals surface area contributed by atoms with E-state index in [1.165, 1.54) is 7.11 Å². The number of aromatic nitrogens is 4. The summed E-state index contributed by atoms with van der Waals surface area (Å²) >= 11 is 0. The van der Waals surface area contributed by atoms with Crippen LogP contribution in [0.1, 0.15) is 68.4 Å². The van der Waals surface area contributed by atoms with Gasteiger partial charge in [-0.05, 0) is 31.7 Å². The van der Waals surface area contributed by atoms with Crippen molar-refractivity contribution in [3.8, 4) is 0 Å². The van der Waals surface area contributed by atoms with Crippen LogP contribution in [0.4, 0.5) is 0 Å². The molecular weight excluding hydrogens is 336 g/mol. The van der Waals surface area contributed by atoms with Gasteiger partial charge in [0.25, 0.3) is 5.82 Å². The Morgan fingerprint density at radius 2 is 1.81 bits per heavy atom. The number of carbonyl (C=O) groups is 3. The van der Waals surface area contributed by atoms with Crippen LogP contribution in [0.15, 0.2) is 6.07 Å². The molecule has 0 atom stereocenters. The number of rotatable bonds is 1. The molecule has 0 saturated heterocycles. The lowest BCUT2D eigenvalue weighted by atomic mass is 9.94. The van der Waals surface area contributed by atoms with Gasteiger partial charge >= 0.3 is 5.97 Å². The monoisotopic (exact) mass is 352 g/mol. The van der Waals surface area contributed by atoms with E-state index in [0.717, 1.165) is 30.7 Å². The van der Waals surface area contributed by atoms with Crippen LogP contribution in [0.25, 0.3) is 11.3 Å². The van der Waals surface area contributed by atoms with Crippen LogP contribution in [0, 0.1) is 0 Å². The fraction of sp³-hybridized carbons (Fsp3) is 0.389. The number of hydrogen-bond acceptors (Lipinski definition) is 6. The Balaban J connectivity index is 1.97. The Hall–Kier alpha value is -3.03. The lowest BCUT2D eigenvalue weighted by Crippen LogP contribution is -2.19. The molecule has 0 spiro atoms. The van der Waals surface area contributed by atoms with Gasteiger partial charge in [0.1, 0.15) is 0 Å². The lowest BCUT2D eigenvalue weighted by molar-refractivity contribution is 0.0587. The molecule has 0 saturated carbocycles. The van der Waals surface area contributed by atoms with Crippen molar-refractivity contribution in [2.75, 3.05) is 7.11 Å². The Kier molecular flexibility index (Phi) is 3.07. The van der Waals surface area contributed by atoms with Gasteiger partial charge in [-0.15, -0.1) is 5.10 Å². The van der Waals surface area contributed by atoms with E-state index in [9.17, 15) is 14.4 Å². The van der Waals surface area contributed by atoms with Gasteiger partial charge in [-0.3, -0.25) is 14.0 Å². The van der Waals surface area contributed by atoms with E-state index in [0.29, 0.717) is 41.7 Å². The highest BCUT2D eigenvalue weighted by Gasteiger charge is 2.31. The molecule has 2 aliphatic rings. The molecule has 5 rings (SSSR count). The summed E-state index contributed by atoms with van der Waals surface area (Å²) in [6.45, 7) is 0. The molecule has 0 unspecified atom stereocenters. The van der Waals surface area contributed by atoms with Crippen LogP contribution in [0.3, 0.4) is 0 Å². The number of ketones is 2. The molecule has 0 fully saturated rings. The summed E-state index contributed by atoms with van der Waals surface area (Å²) in [7, 11) is 1.28. The maximum absolute atomic E-state index is 12.7. The number of carbonyl (C=O) groups excluding carboxylic acids is 3. The van der Waals surface area contributed by atoms with E-state index >= 15 is 0 Å². The van der Waals surface area contributed by atoms with Crippen molar-refractivity contribution >= 4 is 28.8 Å². The number of ether oxygens (including phenoxy) is 1. The molecule has 0 bridgehead atoms. The molecule has 3 heterocycles. The third-order valence-electron chi connectivity index (χ3n) is 5.28. The van der Waals surface area contributed by atoms with Crippen molar-refractivity contribution in [1.82, 2.24) is 19.0 Å². The average Bonchev–Trinajstić information content (AvgIpc) is 3.23. The zero-order chi connectivity index (χ0) is 18.0. The first-order valence-electron chi connectivity index (χ1n) is 8.71. The minimum Gasteiger partial charge on any atom is -0.463 e. The Morgan fingerprint density at radius 3 is 2.58 bits per heavy atom. The second kappa shape index (κ2) is 5.23. The summed E-state index contributed by atoms with van der Waals surface area (Å²) in [5.74, 6) is -0.113. The highest BCUT2D eigenvalue weighted by Crippen LogP contribution is 2.33. The molecule has 0 aliphatic heterocycles. The van der Waals surface area contributed by atoms with E-state index in [-0.39, 0.29) is 17.4 Å². The number of Topliss-reactive ketones (excluding diaryl/α,β-unsaturated/α-hetero) is 2. The fourth-order valence-electron chi connectivity index (χ4n) is 4.14. The van der Waals surface area contributed by atoms with E-state index in [4.69, 9.17) is 4.74 Å². The first-order valence-corrected chi connectivity index (χ1v) is 8.71. The zero-order valence-corrected chi connectivity index (χ0v) is 14.2. The van der Waals surface area contributed by atoms with Crippen LogP contribution < -0.4 is 0 Å². The van der Waals surface area contributed by atoms with Gasteiger partial charge in [0.2, 0.25) is 5.78 Å². The predicted molar refractivity (Wildman–Crippen MR) is 89.8 cm³/mol. The summed E-state index contributed by atoms with van der Waals surface area (Å²) in [6, 6.07) is 1.81. The highest BCUT2D eigenvalue weighted by molar-refractivity contribution is 6.07. The van der Waals surface area contributed by atoms with Gasteiger partial charge in [-0.25, -0.2) is 9.31 Å². The molecule has 0 radical (unpaired) electrons. The van der Waals surface area contributed by atoms with Crippen molar-refractivity contribution in [1.29, 1.82) is 0 Å². The van der Waals surface area contributed by atoms with Gasteiger partial charge in [0.05, 0.1) is 23.9 Å². The minimum absolute atomic E-state index is 0.0376. The van der Waals surface area contributed by atoms with Crippen LogP contribution in [0.2, 0.25) is 0 Å². The van der Waals surface area contributed by atoms with Crippen molar-refractivity contribution in [3.05, 3.63) is 34.4 Å². The average molecular weight is 352 g/mol. The van der Waals surface area contributed by atoms with Crippen molar-refractivity contribution < 1.29 is 19.1 Å². The van der Waals surface area contributed by atoms with E-state index in [2.05, 4.69) is 10.1 Å². The molecule has 0 amide bonds. The summed E-state index contributed by atoms with van der Waals surface area (Å²) < 4.78 is 8.15. The lowest BCUT2D eigenvalue weighted by Gasteiger charge is -2.18. The molecule has 0 N–H and O–H groups in total. The number of methoxy groups -OCH3 is 1. The molecule has 8 heteroatoms. The van der Waals surface area contributed by atoms with Gasteiger partial charge in [0.15, 0.2) is 11.6 Å². The number of nitrogens with zero attached hydrogens (tertiary/aromatic N) is 4. The number of esters is 1. The molecule has 26 heavy (non-hydrogen) atoms. The second-order valence-electron chi connectivity index (χ2n) is 6.74. The Bertz CT molecular complexity index is 1140. The molecular formula is C18H16N4O4. The SMILES string of the molecule is COC(=O)c1nc2n(n1)c1c(c3cc4c(n32)CCCC4=O)C(=O)CCC1. The molecule has 8 nitrogen and oxygen atoms in total. The first-order chi connectivity index (χ1) is 12.6. The number of hydrogen-bond donors (Lipinski definition) is 0. The fourth-order valence-corrected chi connectivity index (χ4v) is 4.14. The zero-order valence-electron chi connectivity index (χ0n) is 14.2. The number of fused-ring (bicyclic) bond motifs is 8. The van der Waals surface area contributed by atoms with Crippen LogP contribution >= 0.6 is 0 Å². The van der Waals surface area contributed by atoms with E-state index in [1.807, 2.05) is 10.5 Å². The number of aryl methyl sites for hydroxylation is 2. The van der Waals surface area contributed by atoms with Crippen molar-refractivity contribution in [2.45, 2.75) is 38.5 Å². The van der Waals surface area contributed by atoms with Crippen LogP contribution in [-0.2, 0) is 17.6 Å². The molecule has 132 valence electrons. The first kappa shape index (κ1) is 15.2. The summed E-state index contributed by atoms with van der Waals surface area (Å²) in [5.41, 5.74) is 3.51. The molecule has 3 aromatic rings. The maximum atomic E-state index is 12.7. The smallest absolute Gasteiger partial charge is 0.378 e. The molecule has 2 aliphatic carbocycles. The standard InChI is InChI=1S/C18H16N4O4/c1-26-17(25)16-19-18-21-10-4-2-6-13(23)9(10)8-12(21)15-11(22(18)20-16)5-3-7-14(15)24/h8H,2-7H2,1H3. The second-order valence-corrected chi connectivity index (χ2v) is 6.74. The summed E-state index contributed by atoms with van der Waals surface area (Å²) in [5, 5.41) is 4.30. The normalized spacial score (nSPS) is 16.8. The third-order valence-corrected chi connectivity index (χ3v) is 5.28. The van der Waals surface area contributed by atoms with E-state index < -0.39 is 5.97 Å². The van der Waals surface area contributed by atoms with Crippen molar-refractivity contribution in [2.24, 2.45) is 0 Å². The molecule has 0 aromatic carbocycles. The predicted octanol–water partition coefficient (Wildman–Crippen LogP) is 1.81. The van der Waals surface area contributed by atoms with Gasteiger partial charge < -0.3 is 4.74 Å². The summed E-state index contributed by atoms with van der Waals surface area (Å²) in [6.07, 6.45) is 3.85. The van der Waals surface area contributed by atoms with Crippen LogP contribution in [-0.4, -0.2) is 43.6 Å². The minimum atomic E-state index is -0.630. The Morgan fingerprint density at radius 1 is 1.08 bits per heavy atom. The quantitative estimate of drug-likeness (QED) is 0.620. The molecule has 3 aromatic heterocycles. The summed E-state index contributed by atoms with van der Waals surface area (Å²) in [4.78, 5) is 41.4. The Labute approximate surface area is 147 Å². The van der Waals surface area contributed by atoms with Crippen LogP contribution in [0.5, 0.6) is 0 Å². The highest BCUT2D eigenvalue weighted by atomic mass is 16.5. The van der Waals surface area contributed by atoms with Gasteiger partial charge in [-0.1, -0.05) is 0 Å². The topological polar surface area (TPSA) is 95.0 Å². The van der Waals surface area contributed by atoms with Gasteiger partial charge in [-0.2, -0.15) is 4.98 Å². The maximum Gasteiger partial charge on any atom is 0.378 e. The van der Waals surface area contributed by atoms with Crippen molar-refractivity contribution in [3.63, 3.8) is 0 Å². The van der Waals surface area contributed by atoms with E-state index in [1.54, 1.807) is 4.52 Å². The largest absolute Gasteiger partial charge is 0.463 e. The third kappa shape index (κ3) is 1.86.